The summed E-state index contributed by atoms with van der Waals surface area (Å²) >= 11 is 6.97. The van der Waals surface area contributed by atoms with Gasteiger partial charge in [-0.05, 0) is 53.1 Å². The molecule has 0 saturated carbocycles. The van der Waals surface area contributed by atoms with Crippen molar-refractivity contribution in [3.63, 3.8) is 0 Å². The van der Waals surface area contributed by atoms with Crippen molar-refractivity contribution in [3.05, 3.63) is 137 Å². The number of halogens is 7. The quantitative estimate of drug-likeness (QED) is 0.197. The summed E-state index contributed by atoms with van der Waals surface area (Å²) in [4.78, 5) is 17.3. The Balaban J connectivity index is 2.05. The summed E-state index contributed by atoms with van der Waals surface area (Å²) in [6, 6.07) is 18.9. The summed E-state index contributed by atoms with van der Waals surface area (Å²) in [6.45, 7) is 0. The van der Waals surface area contributed by atoms with Crippen LogP contribution in [0, 0.1) is 0 Å². The molecule has 0 bridgehead atoms. The normalized spacial score (nSPS) is 13.1. The first-order valence-corrected chi connectivity index (χ1v) is 11.6. The lowest BCUT2D eigenvalue weighted by Crippen LogP contribution is -2.50. The van der Waals surface area contributed by atoms with E-state index in [0.29, 0.717) is 5.56 Å². The van der Waals surface area contributed by atoms with Gasteiger partial charge in [0.2, 0.25) is 0 Å². The van der Waals surface area contributed by atoms with Gasteiger partial charge in [0.25, 0.3) is 5.91 Å². The molecule has 0 aliphatic carbocycles. The predicted molar refractivity (Wildman–Crippen MR) is 130 cm³/mol. The average Bonchev–Trinajstić information content (AvgIpc) is 2.91. The fourth-order valence-electron chi connectivity index (χ4n) is 4.18. The van der Waals surface area contributed by atoms with E-state index in [2.05, 4.69) is 10.3 Å². The molecule has 4 aromatic rings. The SMILES string of the molecule is O=C(NC(c1cccc(C(F)(F)F)c1)(c1cccc(C(F)(F)F)c1)C(Cl)c1ccccc1)c1ccncc1. The zero-order chi connectivity index (χ0) is 27.6. The van der Waals surface area contributed by atoms with Gasteiger partial charge in [-0.25, -0.2) is 0 Å². The molecule has 196 valence electrons. The standard InChI is InChI=1S/C28H19ClF6N2O/c29-24(18-6-2-1-3-7-18)26(37-25(38)19-12-14-36-15-13-19,20-8-4-10-22(16-20)27(30,31)32)21-9-5-11-23(17-21)28(33,34)35/h1-17,24H,(H,37,38). The van der Waals surface area contributed by atoms with Crippen LogP contribution in [0.5, 0.6) is 0 Å². The molecule has 1 unspecified atom stereocenters. The van der Waals surface area contributed by atoms with Crippen LogP contribution in [0.15, 0.2) is 103 Å². The van der Waals surface area contributed by atoms with Crippen LogP contribution >= 0.6 is 11.6 Å². The van der Waals surface area contributed by atoms with Gasteiger partial charge in [0, 0.05) is 18.0 Å². The average molecular weight is 549 g/mol. The number of nitrogens with zero attached hydrogens (tertiary/aromatic N) is 1. The Kier molecular flexibility index (Phi) is 7.51. The van der Waals surface area contributed by atoms with E-state index in [1.807, 2.05) is 0 Å². The van der Waals surface area contributed by atoms with Crippen molar-refractivity contribution in [1.29, 1.82) is 0 Å². The summed E-state index contributed by atoms with van der Waals surface area (Å²) < 4.78 is 82.5. The predicted octanol–water partition coefficient (Wildman–Crippen LogP) is 7.77. The van der Waals surface area contributed by atoms with Gasteiger partial charge in [-0.2, -0.15) is 26.3 Å². The van der Waals surface area contributed by atoms with Gasteiger partial charge in [0.1, 0.15) is 5.54 Å². The third kappa shape index (κ3) is 5.52. The number of carbonyl (C=O) groups excluding carboxylic acids is 1. The molecule has 0 spiro atoms. The van der Waals surface area contributed by atoms with Crippen LogP contribution < -0.4 is 5.32 Å². The summed E-state index contributed by atoms with van der Waals surface area (Å²) in [5.74, 6) is -0.774. The molecular formula is C28H19ClF6N2O. The second kappa shape index (κ2) is 10.5. The first-order chi connectivity index (χ1) is 17.9. The molecule has 0 aliphatic heterocycles. The Labute approximate surface area is 219 Å². The van der Waals surface area contributed by atoms with Crippen molar-refractivity contribution in [2.75, 3.05) is 0 Å². The molecule has 1 amide bonds. The van der Waals surface area contributed by atoms with E-state index in [1.165, 1.54) is 36.7 Å². The van der Waals surface area contributed by atoms with E-state index in [-0.39, 0.29) is 16.7 Å². The van der Waals surface area contributed by atoms with Gasteiger partial charge in [-0.3, -0.25) is 9.78 Å². The van der Waals surface area contributed by atoms with E-state index < -0.39 is 40.3 Å². The molecule has 3 aromatic carbocycles. The topological polar surface area (TPSA) is 42.0 Å². The lowest BCUT2D eigenvalue weighted by Gasteiger charge is -2.40. The maximum absolute atomic E-state index is 13.8. The first kappa shape index (κ1) is 27.2. The number of carbonyl (C=O) groups is 1. The fourth-order valence-corrected chi connectivity index (χ4v) is 4.63. The molecule has 38 heavy (non-hydrogen) atoms. The number of pyridine rings is 1. The highest BCUT2D eigenvalue weighted by Gasteiger charge is 2.46. The van der Waals surface area contributed by atoms with Crippen LogP contribution in [-0.2, 0) is 17.9 Å². The summed E-state index contributed by atoms with van der Waals surface area (Å²) in [7, 11) is 0. The Morgan fingerprint density at radius 3 is 1.63 bits per heavy atom. The molecule has 4 rings (SSSR count). The van der Waals surface area contributed by atoms with Crippen LogP contribution in [0.1, 0.15) is 43.6 Å². The molecule has 10 heteroatoms. The maximum atomic E-state index is 13.8. The zero-order valence-corrected chi connectivity index (χ0v) is 20.1. The van der Waals surface area contributed by atoms with E-state index in [4.69, 9.17) is 11.6 Å². The molecule has 3 nitrogen and oxygen atoms in total. The number of hydrogen-bond acceptors (Lipinski definition) is 2. The second-order valence-corrected chi connectivity index (χ2v) is 8.86. The molecule has 0 radical (unpaired) electrons. The minimum atomic E-state index is -4.76. The van der Waals surface area contributed by atoms with Gasteiger partial charge >= 0.3 is 12.4 Å². The fraction of sp³-hybridized carbons (Fsp3) is 0.143. The highest BCUT2D eigenvalue weighted by Crippen LogP contribution is 2.47. The monoisotopic (exact) mass is 548 g/mol. The van der Waals surface area contributed by atoms with Crippen LogP contribution in [-0.4, -0.2) is 10.9 Å². The summed E-state index contributed by atoms with van der Waals surface area (Å²) in [6.07, 6.45) is -6.86. The van der Waals surface area contributed by atoms with Gasteiger partial charge < -0.3 is 5.32 Å². The summed E-state index contributed by atoms with van der Waals surface area (Å²) in [5, 5.41) is 1.37. The van der Waals surface area contributed by atoms with Gasteiger partial charge in [0.15, 0.2) is 0 Å². The van der Waals surface area contributed by atoms with Crippen molar-refractivity contribution in [1.82, 2.24) is 10.3 Å². The lowest BCUT2D eigenvalue weighted by molar-refractivity contribution is -0.138. The number of amides is 1. The molecule has 0 saturated heterocycles. The van der Waals surface area contributed by atoms with Gasteiger partial charge in [0.05, 0.1) is 16.5 Å². The van der Waals surface area contributed by atoms with Crippen LogP contribution in [0.3, 0.4) is 0 Å². The van der Waals surface area contributed by atoms with Crippen molar-refractivity contribution in [3.8, 4) is 0 Å². The lowest BCUT2D eigenvalue weighted by atomic mass is 9.76. The molecule has 1 aromatic heterocycles. The Morgan fingerprint density at radius 1 is 0.684 bits per heavy atom. The smallest absolute Gasteiger partial charge is 0.337 e. The number of hydrogen-bond donors (Lipinski definition) is 1. The van der Waals surface area contributed by atoms with E-state index >= 15 is 0 Å². The summed E-state index contributed by atoms with van der Waals surface area (Å²) in [5.41, 5.74) is -4.04. The van der Waals surface area contributed by atoms with E-state index in [9.17, 15) is 31.1 Å². The minimum Gasteiger partial charge on any atom is -0.337 e. The Morgan fingerprint density at radius 2 is 1.16 bits per heavy atom. The number of alkyl halides is 7. The molecule has 0 fully saturated rings. The number of nitrogens with one attached hydrogen (secondary N) is 1. The third-order valence-electron chi connectivity index (χ3n) is 6.02. The Hall–Kier alpha value is -3.85. The Bertz CT molecular complexity index is 1350. The largest absolute Gasteiger partial charge is 0.416 e. The number of rotatable bonds is 6. The van der Waals surface area contributed by atoms with Crippen LogP contribution in [0.2, 0.25) is 0 Å². The minimum absolute atomic E-state index is 0.0836. The number of aromatic nitrogens is 1. The van der Waals surface area contributed by atoms with E-state index in [1.54, 1.807) is 30.3 Å². The molecule has 1 N–H and O–H groups in total. The van der Waals surface area contributed by atoms with Crippen molar-refractivity contribution in [2.45, 2.75) is 23.3 Å². The van der Waals surface area contributed by atoms with Crippen LogP contribution in [0.4, 0.5) is 26.3 Å². The highest BCUT2D eigenvalue weighted by molar-refractivity contribution is 6.22. The second-order valence-electron chi connectivity index (χ2n) is 8.43. The third-order valence-corrected chi connectivity index (χ3v) is 6.60. The molecule has 1 heterocycles. The molecule has 1 atom stereocenters. The van der Waals surface area contributed by atoms with Gasteiger partial charge in [-0.15, -0.1) is 11.6 Å². The molecule has 0 aliphatic rings. The molecular weight excluding hydrogens is 530 g/mol. The van der Waals surface area contributed by atoms with Crippen LogP contribution in [0.25, 0.3) is 0 Å². The first-order valence-electron chi connectivity index (χ1n) is 11.2. The number of benzene rings is 3. The van der Waals surface area contributed by atoms with Crippen molar-refractivity contribution >= 4 is 17.5 Å². The van der Waals surface area contributed by atoms with Gasteiger partial charge in [-0.1, -0.05) is 54.6 Å². The van der Waals surface area contributed by atoms with Crippen molar-refractivity contribution < 1.29 is 31.1 Å². The van der Waals surface area contributed by atoms with Crippen molar-refractivity contribution in [2.24, 2.45) is 0 Å². The highest BCUT2D eigenvalue weighted by atomic mass is 35.5. The van der Waals surface area contributed by atoms with E-state index in [0.717, 1.165) is 36.4 Å². The maximum Gasteiger partial charge on any atom is 0.416 e. The zero-order valence-electron chi connectivity index (χ0n) is 19.4.